The molecule has 11 heavy (non-hydrogen) atoms. The first-order chi connectivity index (χ1) is 5.31. The summed E-state index contributed by atoms with van der Waals surface area (Å²) in [5.41, 5.74) is 0. The molecule has 1 N–H and O–H groups in total. The van der Waals surface area contributed by atoms with E-state index in [2.05, 4.69) is 6.92 Å². The van der Waals surface area contributed by atoms with Crippen LogP contribution in [-0.2, 0) is 4.79 Å². The van der Waals surface area contributed by atoms with Crippen molar-refractivity contribution in [3.8, 4) is 0 Å². The third-order valence-corrected chi connectivity index (χ3v) is 1.54. The van der Waals surface area contributed by atoms with Crippen LogP contribution >= 0.6 is 0 Å². The maximum Gasteiger partial charge on any atom is 0.158 e. The Hall–Kier alpha value is -0.790. The first-order valence-electron chi connectivity index (χ1n) is 4.14. The summed E-state index contributed by atoms with van der Waals surface area (Å²) in [7, 11) is 0. The lowest BCUT2D eigenvalue weighted by Gasteiger charge is -1.94. The predicted molar refractivity (Wildman–Crippen MR) is 45.5 cm³/mol. The molecule has 2 heteroatoms. The molecule has 64 valence electrons. The summed E-state index contributed by atoms with van der Waals surface area (Å²) in [6.45, 7) is 2.13. The van der Waals surface area contributed by atoms with Crippen molar-refractivity contribution in [1.29, 1.82) is 0 Å². The van der Waals surface area contributed by atoms with Crippen molar-refractivity contribution in [2.45, 2.75) is 39.0 Å². The number of unbranched alkanes of at least 4 members (excludes halogenated alkanes) is 3. The Balaban J connectivity index is 3.17. The number of rotatable bonds is 6. The van der Waals surface area contributed by atoms with Crippen LogP contribution in [0.15, 0.2) is 12.3 Å². The largest absolute Gasteiger partial charge is 0.515 e. The van der Waals surface area contributed by atoms with Gasteiger partial charge in [-0.1, -0.05) is 26.2 Å². The van der Waals surface area contributed by atoms with Crippen molar-refractivity contribution >= 4 is 5.78 Å². The zero-order valence-corrected chi connectivity index (χ0v) is 7.05. The van der Waals surface area contributed by atoms with Gasteiger partial charge in [-0.3, -0.25) is 4.79 Å². The van der Waals surface area contributed by atoms with Crippen LogP contribution in [0, 0.1) is 0 Å². The Morgan fingerprint density at radius 3 is 2.64 bits per heavy atom. The Kier molecular flexibility index (Phi) is 6.79. The van der Waals surface area contributed by atoms with Gasteiger partial charge in [0.15, 0.2) is 5.78 Å². The summed E-state index contributed by atoms with van der Waals surface area (Å²) in [4.78, 5) is 10.8. The summed E-state index contributed by atoms with van der Waals surface area (Å²) in [5.74, 6) is 0.0172. The maximum atomic E-state index is 10.8. The van der Waals surface area contributed by atoms with Crippen molar-refractivity contribution < 1.29 is 9.90 Å². The van der Waals surface area contributed by atoms with Gasteiger partial charge in [0, 0.05) is 12.5 Å². The molecule has 0 aliphatic rings. The van der Waals surface area contributed by atoms with E-state index in [0.29, 0.717) is 6.42 Å². The van der Waals surface area contributed by atoms with E-state index in [0.717, 1.165) is 19.1 Å². The van der Waals surface area contributed by atoms with Gasteiger partial charge in [0.25, 0.3) is 0 Å². The molecule has 0 aliphatic carbocycles. The van der Waals surface area contributed by atoms with Crippen molar-refractivity contribution in [3.63, 3.8) is 0 Å². The third kappa shape index (κ3) is 7.10. The van der Waals surface area contributed by atoms with E-state index < -0.39 is 0 Å². The van der Waals surface area contributed by atoms with Crippen molar-refractivity contribution in [2.24, 2.45) is 0 Å². The lowest BCUT2D eigenvalue weighted by molar-refractivity contribution is -0.114. The molecule has 0 rings (SSSR count). The minimum atomic E-state index is 0.0172. The molecule has 0 aliphatic heterocycles. The van der Waals surface area contributed by atoms with Crippen LogP contribution in [0.1, 0.15) is 39.0 Å². The van der Waals surface area contributed by atoms with Gasteiger partial charge in [0.2, 0.25) is 0 Å². The Morgan fingerprint density at radius 2 is 2.09 bits per heavy atom. The van der Waals surface area contributed by atoms with E-state index in [4.69, 9.17) is 5.11 Å². The fraction of sp³-hybridized carbons (Fsp3) is 0.667. The van der Waals surface area contributed by atoms with Gasteiger partial charge in [-0.05, 0) is 6.42 Å². The number of allylic oxidation sites excluding steroid dienone is 1. The summed E-state index contributed by atoms with van der Waals surface area (Å²) >= 11 is 0. The lowest BCUT2D eigenvalue weighted by Crippen LogP contribution is -1.91. The molecular weight excluding hydrogens is 140 g/mol. The van der Waals surface area contributed by atoms with E-state index in [9.17, 15) is 4.79 Å². The molecular formula is C9H16O2. The van der Waals surface area contributed by atoms with E-state index in [1.807, 2.05) is 0 Å². The average Bonchev–Trinajstić information content (AvgIpc) is 1.99. The zero-order chi connectivity index (χ0) is 8.53. The number of aliphatic hydroxyl groups excluding tert-OH is 1. The highest BCUT2D eigenvalue weighted by atomic mass is 16.2. The van der Waals surface area contributed by atoms with E-state index in [-0.39, 0.29) is 5.78 Å². The summed E-state index contributed by atoms with van der Waals surface area (Å²) in [5, 5.41) is 8.24. The van der Waals surface area contributed by atoms with Crippen LogP contribution < -0.4 is 0 Å². The SMILES string of the molecule is CCCCCCC(=O)/C=C/O. The van der Waals surface area contributed by atoms with E-state index >= 15 is 0 Å². The smallest absolute Gasteiger partial charge is 0.158 e. The molecule has 0 fully saturated rings. The van der Waals surface area contributed by atoms with Crippen molar-refractivity contribution in [2.75, 3.05) is 0 Å². The molecule has 0 saturated carbocycles. The Morgan fingerprint density at radius 1 is 1.36 bits per heavy atom. The molecule has 0 atom stereocenters. The number of carbonyl (C=O) groups is 1. The number of hydrogen-bond acceptors (Lipinski definition) is 2. The molecule has 0 spiro atoms. The van der Waals surface area contributed by atoms with Crippen LogP contribution in [0.5, 0.6) is 0 Å². The van der Waals surface area contributed by atoms with Crippen LogP contribution in [0.2, 0.25) is 0 Å². The summed E-state index contributed by atoms with van der Waals surface area (Å²) < 4.78 is 0. The normalized spacial score (nSPS) is 10.6. The molecule has 0 aromatic heterocycles. The highest BCUT2D eigenvalue weighted by molar-refractivity contribution is 5.89. The zero-order valence-electron chi connectivity index (χ0n) is 7.05. The van der Waals surface area contributed by atoms with Crippen LogP contribution in [-0.4, -0.2) is 10.9 Å². The number of ketones is 1. The number of hydrogen-bond donors (Lipinski definition) is 1. The van der Waals surface area contributed by atoms with E-state index in [1.165, 1.54) is 18.9 Å². The highest BCUT2D eigenvalue weighted by Gasteiger charge is 1.95. The molecule has 2 nitrogen and oxygen atoms in total. The molecule has 0 bridgehead atoms. The maximum absolute atomic E-state index is 10.8. The van der Waals surface area contributed by atoms with Gasteiger partial charge < -0.3 is 5.11 Å². The second kappa shape index (κ2) is 7.32. The monoisotopic (exact) mass is 156 g/mol. The summed E-state index contributed by atoms with van der Waals surface area (Å²) in [6, 6.07) is 0. The number of carbonyl (C=O) groups excluding carboxylic acids is 1. The van der Waals surface area contributed by atoms with E-state index in [1.54, 1.807) is 0 Å². The van der Waals surface area contributed by atoms with Crippen molar-refractivity contribution in [1.82, 2.24) is 0 Å². The Bertz CT molecular complexity index is 128. The second-order valence-electron chi connectivity index (χ2n) is 2.59. The molecule has 0 aromatic rings. The van der Waals surface area contributed by atoms with Gasteiger partial charge in [-0.15, -0.1) is 0 Å². The standard InChI is InChI=1S/C9H16O2/c1-2-3-4-5-6-9(11)7-8-10/h7-8,10H,2-6H2,1H3/b8-7+. The van der Waals surface area contributed by atoms with Gasteiger partial charge in [0.1, 0.15) is 0 Å². The van der Waals surface area contributed by atoms with Crippen LogP contribution in [0.3, 0.4) is 0 Å². The molecule has 0 saturated heterocycles. The highest BCUT2D eigenvalue weighted by Crippen LogP contribution is 2.02. The fourth-order valence-electron chi connectivity index (χ4n) is 0.892. The fourth-order valence-corrected chi connectivity index (χ4v) is 0.892. The average molecular weight is 156 g/mol. The molecule has 0 radical (unpaired) electrons. The Labute approximate surface area is 67.9 Å². The van der Waals surface area contributed by atoms with Gasteiger partial charge in [-0.2, -0.15) is 0 Å². The minimum absolute atomic E-state index is 0.0172. The van der Waals surface area contributed by atoms with Gasteiger partial charge in [-0.25, -0.2) is 0 Å². The quantitative estimate of drug-likeness (QED) is 0.364. The predicted octanol–water partition coefficient (Wildman–Crippen LogP) is 2.60. The topological polar surface area (TPSA) is 37.3 Å². The molecule has 0 unspecified atom stereocenters. The second-order valence-corrected chi connectivity index (χ2v) is 2.59. The van der Waals surface area contributed by atoms with Gasteiger partial charge >= 0.3 is 0 Å². The first kappa shape index (κ1) is 10.2. The van der Waals surface area contributed by atoms with Crippen LogP contribution in [0.25, 0.3) is 0 Å². The van der Waals surface area contributed by atoms with Crippen LogP contribution in [0.4, 0.5) is 0 Å². The molecule has 0 heterocycles. The first-order valence-corrected chi connectivity index (χ1v) is 4.14. The summed E-state index contributed by atoms with van der Waals surface area (Å²) in [6.07, 6.45) is 7.02. The van der Waals surface area contributed by atoms with Crippen molar-refractivity contribution in [3.05, 3.63) is 12.3 Å². The number of aliphatic hydroxyl groups is 1. The molecule has 0 aromatic carbocycles. The van der Waals surface area contributed by atoms with Gasteiger partial charge in [0.05, 0.1) is 6.26 Å². The minimum Gasteiger partial charge on any atom is -0.515 e. The molecule has 0 amide bonds. The third-order valence-electron chi connectivity index (χ3n) is 1.54. The lowest BCUT2D eigenvalue weighted by atomic mass is 10.1.